The lowest BCUT2D eigenvalue weighted by molar-refractivity contribution is 0.103. The third-order valence-corrected chi connectivity index (χ3v) is 6.75. The first-order valence-electron chi connectivity index (χ1n) is 10.5. The molecule has 0 saturated carbocycles. The third-order valence-electron chi connectivity index (χ3n) is 6.75. The molecule has 2 aliphatic rings. The minimum Gasteiger partial charge on any atom is -0.497 e. The normalized spacial score (nSPS) is 22.3. The molecule has 1 fully saturated rings. The average Bonchev–Trinajstić information content (AvgIpc) is 3.34. The van der Waals surface area contributed by atoms with Crippen molar-refractivity contribution in [3.05, 3.63) is 59.8 Å². The lowest BCUT2D eigenvalue weighted by Crippen LogP contribution is -2.50. The highest BCUT2D eigenvalue weighted by Crippen LogP contribution is 2.44. The van der Waals surface area contributed by atoms with E-state index in [1.807, 2.05) is 36.4 Å². The number of nitrogens with one attached hydrogen (secondary N) is 1. The van der Waals surface area contributed by atoms with Gasteiger partial charge in [-0.05, 0) is 55.8 Å². The summed E-state index contributed by atoms with van der Waals surface area (Å²) in [4.78, 5) is 8.88. The van der Waals surface area contributed by atoms with Gasteiger partial charge < -0.3 is 14.5 Å². The van der Waals surface area contributed by atoms with Gasteiger partial charge in [-0.25, -0.2) is 0 Å². The summed E-state index contributed by atoms with van der Waals surface area (Å²) < 4.78 is 11.4. The third kappa shape index (κ3) is 3.18. The Morgan fingerprint density at radius 1 is 1.07 bits per heavy atom. The number of rotatable bonds is 5. The predicted octanol–water partition coefficient (Wildman–Crippen LogP) is 3.64. The van der Waals surface area contributed by atoms with E-state index >= 15 is 0 Å². The summed E-state index contributed by atoms with van der Waals surface area (Å²) in [6, 6.07) is 16.5. The smallest absolute Gasteiger partial charge is 0.119 e. The van der Waals surface area contributed by atoms with Crippen LogP contribution in [0.1, 0.15) is 17.7 Å². The summed E-state index contributed by atoms with van der Waals surface area (Å²) in [7, 11) is 4.01. The Bertz CT molecular complexity index is 1000. The number of methoxy groups -OCH3 is 1. The number of H-pyrrole nitrogens is 1. The van der Waals surface area contributed by atoms with Crippen molar-refractivity contribution in [2.45, 2.75) is 18.4 Å². The quantitative estimate of drug-likeness (QED) is 0.721. The van der Waals surface area contributed by atoms with E-state index in [0.29, 0.717) is 0 Å². The van der Waals surface area contributed by atoms with Crippen molar-refractivity contribution in [1.29, 1.82) is 0 Å². The highest BCUT2D eigenvalue weighted by Gasteiger charge is 2.47. The zero-order chi connectivity index (χ0) is 19.8. The highest BCUT2D eigenvalue weighted by atomic mass is 16.5. The van der Waals surface area contributed by atoms with Crippen molar-refractivity contribution in [2.75, 3.05) is 46.9 Å². The highest BCUT2D eigenvalue weighted by molar-refractivity contribution is 5.86. The van der Waals surface area contributed by atoms with Crippen LogP contribution in [0.2, 0.25) is 0 Å². The van der Waals surface area contributed by atoms with Crippen LogP contribution in [0, 0.1) is 0 Å². The maximum Gasteiger partial charge on any atom is 0.119 e. The van der Waals surface area contributed by atoms with Crippen molar-refractivity contribution in [2.24, 2.45) is 0 Å². The van der Waals surface area contributed by atoms with E-state index in [4.69, 9.17) is 9.47 Å². The van der Waals surface area contributed by atoms with Gasteiger partial charge in [0.25, 0.3) is 0 Å². The van der Waals surface area contributed by atoms with Gasteiger partial charge in [0, 0.05) is 42.8 Å². The molecule has 0 amide bonds. The van der Waals surface area contributed by atoms with Crippen LogP contribution >= 0.6 is 0 Å². The number of aromatic nitrogens is 1. The van der Waals surface area contributed by atoms with Crippen molar-refractivity contribution < 1.29 is 9.47 Å². The molecular weight excluding hydrogens is 362 g/mol. The van der Waals surface area contributed by atoms with Crippen LogP contribution in [0.15, 0.2) is 48.5 Å². The number of nitrogens with zero attached hydrogens (tertiary/aromatic N) is 2. The minimum atomic E-state index is 0.0621. The lowest BCUT2D eigenvalue weighted by Gasteiger charge is -2.42. The van der Waals surface area contributed by atoms with Crippen molar-refractivity contribution in [3.8, 4) is 11.5 Å². The fourth-order valence-corrected chi connectivity index (χ4v) is 5.08. The molecule has 1 atom stereocenters. The Morgan fingerprint density at radius 3 is 2.76 bits per heavy atom. The summed E-state index contributed by atoms with van der Waals surface area (Å²) >= 11 is 0. The van der Waals surface area contributed by atoms with Gasteiger partial charge in [-0.3, -0.25) is 9.80 Å². The molecule has 5 nitrogen and oxygen atoms in total. The number of benzene rings is 2. The summed E-state index contributed by atoms with van der Waals surface area (Å²) in [5, 5.41) is 1.32. The largest absolute Gasteiger partial charge is 0.497 e. The van der Waals surface area contributed by atoms with Gasteiger partial charge >= 0.3 is 0 Å². The zero-order valence-corrected chi connectivity index (χ0v) is 17.3. The Kier molecular flexibility index (Phi) is 4.72. The molecule has 0 bridgehead atoms. The van der Waals surface area contributed by atoms with Crippen LogP contribution < -0.4 is 9.47 Å². The fraction of sp³-hybridized carbons (Fsp3) is 0.417. The van der Waals surface area contributed by atoms with Gasteiger partial charge in [0.2, 0.25) is 0 Å². The fourth-order valence-electron chi connectivity index (χ4n) is 5.08. The monoisotopic (exact) mass is 391 g/mol. The number of aromatic amines is 1. The molecule has 1 saturated heterocycles. The van der Waals surface area contributed by atoms with Crippen LogP contribution in [0.25, 0.3) is 10.9 Å². The van der Waals surface area contributed by atoms with E-state index < -0.39 is 0 Å². The summed E-state index contributed by atoms with van der Waals surface area (Å²) in [5.41, 5.74) is 4.16. The molecule has 1 aromatic heterocycles. The molecule has 0 aliphatic carbocycles. The van der Waals surface area contributed by atoms with Gasteiger partial charge in [0.05, 0.1) is 12.6 Å². The van der Waals surface area contributed by atoms with Crippen molar-refractivity contribution in [3.63, 3.8) is 0 Å². The number of likely N-dealkylation sites (tertiary alicyclic amines) is 1. The van der Waals surface area contributed by atoms with Gasteiger partial charge in [-0.2, -0.15) is 0 Å². The minimum absolute atomic E-state index is 0.0621. The Balaban J connectivity index is 1.37. The van der Waals surface area contributed by atoms with Crippen molar-refractivity contribution >= 4 is 10.9 Å². The zero-order valence-electron chi connectivity index (χ0n) is 17.3. The second-order valence-corrected chi connectivity index (χ2v) is 8.28. The molecule has 2 aliphatic heterocycles. The molecule has 2 aromatic carbocycles. The van der Waals surface area contributed by atoms with Crippen molar-refractivity contribution in [1.82, 2.24) is 14.8 Å². The molecule has 5 heteroatoms. The number of ether oxygens (including phenoxy) is 2. The molecule has 1 spiro atoms. The first-order chi connectivity index (χ1) is 14.2. The molecule has 29 heavy (non-hydrogen) atoms. The molecule has 0 radical (unpaired) electrons. The summed E-state index contributed by atoms with van der Waals surface area (Å²) in [5.74, 6) is 1.88. The maximum atomic E-state index is 5.94. The maximum absolute atomic E-state index is 5.94. The van der Waals surface area contributed by atoms with Crippen LogP contribution in [0.4, 0.5) is 0 Å². The van der Waals surface area contributed by atoms with Gasteiger partial charge in [0.1, 0.15) is 18.1 Å². The Labute approximate surface area is 172 Å². The van der Waals surface area contributed by atoms with Crippen LogP contribution in [-0.4, -0.2) is 61.7 Å². The second-order valence-electron chi connectivity index (χ2n) is 8.28. The van der Waals surface area contributed by atoms with E-state index in [-0.39, 0.29) is 5.54 Å². The molecule has 152 valence electrons. The first-order valence-corrected chi connectivity index (χ1v) is 10.5. The molecular formula is C24H29N3O2. The molecule has 1 unspecified atom stereocenters. The Morgan fingerprint density at radius 2 is 1.93 bits per heavy atom. The average molecular weight is 392 g/mol. The Hall–Kier alpha value is -2.50. The number of hydrogen-bond acceptors (Lipinski definition) is 4. The number of para-hydroxylation sites is 1. The van der Waals surface area contributed by atoms with E-state index in [2.05, 4.69) is 34.0 Å². The van der Waals surface area contributed by atoms with Gasteiger partial charge in [-0.1, -0.05) is 18.2 Å². The van der Waals surface area contributed by atoms with Crippen LogP contribution in [0.3, 0.4) is 0 Å². The molecule has 1 N–H and O–H groups in total. The van der Waals surface area contributed by atoms with Gasteiger partial charge in [-0.15, -0.1) is 0 Å². The van der Waals surface area contributed by atoms with E-state index in [0.717, 1.165) is 57.1 Å². The summed E-state index contributed by atoms with van der Waals surface area (Å²) in [6.45, 7) is 4.90. The van der Waals surface area contributed by atoms with E-state index in [9.17, 15) is 0 Å². The summed E-state index contributed by atoms with van der Waals surface area (Å²) in [6.07, 6.45) is 2.23. The molecule has 3 aromatic rings. The molecule has 5 rings (SSSR count). The standard InChI is InChI=1S/C24H29N3O2/c1-26-12-10-20-21-16-19(28-2)8-9-22(21)25-23(20)24(26)11-13-27(17-24)14-15-29-18-6-4-3-5-7-18/h3-9,16,25H,10-15,17H2,1-2H3. The number of likely N-dealkylation sites (N-methyl/N-ethyl adjacent to an activating group) is 1. The molecule has 3 heterocycles. The van der Waals surface area contributed by atoms with E-state index in [1.54, 1.807) is 7.11 Å². The van der Waals surface area contributed by atoms with Crippen LogP contribution in [0.5, 0.6) is 11.5 Å². The number of fused-ring (bicyclic) bond motifs is 4. The SMILES string of the molecule is COc1ccc2[nH]c3c(c2c1)CCN(C)C31CCN(CCOc2ccccc2)C1. The lowest BCUT2D eigenvalue weighted by atomic mass is 9.84. The van der Waals surface area contributed by atoms with Crippen LogP contribution in [-0.2, 0) is 12.0 Å². The van der Waals surface area contributed by atoms with Gasteiger partial charge in [0.15, 0.2) is 0 Å². The second kappa shape index (κ2) is 7.39. The first kappa shape index (κ1) is 18.5. The van der Waals surface area contributed by atoms with E-state index in [1.165, 1.54) is 22.2 Å². The number of hydrogen-bond donors (Lipinski definition) is 1. The predicted molar refractivity (Wildman–Crippen MR) is 116 cm³/mol. The topological polar surface area (TPSA) is 40.7 Å².